The summed E-state index contributed by atoms with van der Waals surface area (Å²) < 4.78 is 27.2. The lowest BCUT2D eigenvalue weighted by atomic mass is 10.1. The molecule has 6 heteroatoms. The van der Waals surface area contributed by atoms with Crippen LogP contribution in [0.5, 0.6) is 0 Å². The molecule has 0 fully saturated rings. The SMILES string of the molecule is Cc1ccccc1CS(=O)(=O)Nc1ccc2nccnc2c1. The van der Waals surface area contributed by atoms with Gasteiger partial charge in [0.05, 0.1) is 22.5 Å². The van der Waals surface area contributed by atoms with Crippen LogP contribution >= 0.6 is 0 Å². The number of fused-ring (bicyclic) bond motifs is 1. The fourth-order valence-electron chi connectivity index (χ4n) is 2.22. The third kappa shape index (κ3) is 3.23. The van der Waals surface area contributed by atoms with Gasteiger partial charge < -0.3 is 0 Å². The molecular formula is C16H15N3O2S. The number of rotatable bonds is 4. The summed E-state index contributed by atoms with van der Waals surface area (Å²) in [6.07, 6.45) is 3.18. The van der Waals surface area contributed by atoms with Gasteiger partial charge >= 0.3 is 0 Å². The van der Waals surface area contributed by atoms with Crippen molar-refractivity contribution in [2.75, 3.05) is 4.72 Å². The third-order valence-electron chi connectivity index (χ3n) is 3.35. The zero-order valence-corrected chi connectivity index (χ0v) is 12.8. The molecule has 0 aliphatic carbocycles. The smallest absolute Gasteiger partial charge is 0.236 e. The maximum absolute atomic E-state index is 12.3. The van der Waals surface area contributed by atoms with Crippen molar-refractivity contribution in [1.82, 2.24) is 9.97 Å². The van der Waals surface area contributed by atoms with Crippen LogP contribution in [0.2, 0.25) is 0 Å². The van der Waals surface area contributed by atoms with Crippen LogP contribution in [-0.2, 0) is 15.8 Å². The molecular weight excluding hydrogens is 298 g/mol. The molecule has 22 heavy (non-hydrogen) atoms. The number of anilines is 1. The summed E-state index contributed by atoms with van der Waals surface area (Å²) in [6.45, 7) is 1.90. The van der Waals surface area contributed by atoms with Crippen molar-refractivity contribution in [3.63, 3.8) is 0 Å². The first-order chi connectivity index (χ1) is 10.5. The molecule has 0 radical (unpaired) electrons. The summed E-state index contributed by atoms with van der Waals surface area (Å²) in [4.78, 5) is 8.33. The van der Waals surface area contributed by atoms with Crippen LogP contribution in [-0.4, -0.2) is 18.4 Å². The maximum Gasteiger partial charge on any atom is 0.236 e. The molecule has 3 aromatic rings. The molecule has 0 aliphatic heterocycles. The Hall–Kier alpha value is -2.47. The number of hydrogen-bond acceptors (Lipinski definition) is 4. The van der Waals surface area contributed by atoms with E-state index < -0.39 is 10.0 Å². The third-order valence-corrected chi connectivity index (χ3v) is 4.59. The molecule has 0 unspecified atom stereocenters. The molecule has 0 atom stereocenters. The molecule has 0 amide bonds. The van der Waals surface area contributed by atoms with E-state index in [0.29, 0.717) is 11.2 Å². The summed E-state index contributed by atoms with van der Waals surface area (Å²) in [5, 5.41) is 0. The Kier molecular flexibility index (Phi) is 3.77. The molecule has 3 rings (SSSR count). The first kappa shape index (κ1) is 14.5. The van der Waals surface area contributed by atoms with Gasteiger partial charge in [-0.3, -0.25) is 14.7 Å². The van der Waals surface area contributed by atoms with E-state index in [2.05, 4.69) is 14.7 Å². The highest BCUT2D eigenvalue weighted by molar-refractivity contribution is 7.91. The minimum Gasteiger partial charge on any atom is -0.283 e. The Balaban J connectivity index is 1.85. The van der Waals surface area contributed by atoms with Crippen LogP contribution in [0.1, 0.15) is 11.1 Å². The number of aryl methyl sites for hydroxylation is 1. The lowest BCUT2D eigenvalue weighted by molar-refractivity contribution is 0.600. The van der Waals surface area contributed by atoms with Gasteiger partial charge in [0, 0.05) is 12.4 Å². The van der Waals surface area contributed by atoms with Gasteiger partial charge in [-0.25, -0.2) is 8.42 Å². The van der Waals surface area contributed by atoms with Crippen molar-refractivity contribution in [3.05, 3.63) is 66.0 Å². The second-order valence-corrected chi connectivity index (χ2v) is 6.77. The fourth-order valence-corrected chi connectivity index (χ4v) is 3.51. The Morgan fingerprint density at radius 1 is 1.00 bits per heavy atom. The Labute approximate surface area is 129 Å². The number of aromatic nitrogens is 2. The van der Waals surface area contributed by atoms with Crippen molar-refractivity contribution in [2.45, 2.75) is 12.7 Å². The Morgan fingerprint density at radius 3 is 2.50 bits per heavy atom. The summed E-state index contributed by atoms with van der Waals surface area (Å²) in [5.41, 5.74) is 3.61. The molecule has 0 saturated carbocycles. The standard InChI is InChI=1S/C16H15N3O2S/c1-12-4-2-3-5-13(12)11-22(20,21)19-14-6-7-15-16(10-14)18-9-8-17-15/h2-10,19H,11H2,1H3. The van der Waals surface area contributed by atoms with E-state index in [4.69, 9.17) is 0 Å². The van der Waals surface area contributed by atoms with Gasteiger partial charge in [-0.2, -0.15) is 0 Å². The molecule has 112 valence electrons. The summed E-state index contributed by atoms with van der Waals surface area (Å²) in [6, 6.07) is 12.6. The monoisotopic (exact) mass is 313 g/mol. The molecule has 0 spiro atoms. The number of nitrogens with zero attached hydrogens (tertiary/aromatic N) is 2. The second-order valence-electron chi connectivity index (χ2n) is 5.05. The molecule has 1 heterocycles. The van der Waals surface area contributed by atoms with E-state index in [1.165, 1.54) is 0 Å². The zero-order chi connectivity index (χ0) is 15.6. The largest absolute Gasteiger partial charge is 0.283 e. The highest BCUT2D eigenvalue weighted by atomic mass is 32.2. The maximum atomic E-state index is 12.3. The zero-order valence-electron chi connectivity index (χ0n) is 12.0. The van der Waals surface area contributed by atoms with Crippen LogP contribution in [0.15, 0.2) is 54.9 Å². The molecule has 0 aliphatic rings. The summed E-state index contributed by atoms with van der Waals surface area (Å²) in [5.74, 6) is -0.0574. The van der Waals surface area contributed by atoms with E-state index >= 15 is 0 Å². The lowest BCUT2D eigenvalue weighted by Gasteiger charge is -2.10. The highest BCUT2D eigenvalue weighted by Gasteiger charge is 2.13. The average Bonchev–Trinajstić information content (AvgIpc) is 2.49. The van der Waals surface area contributed by atoms with E-state index in [-0.39, 0.29) is 5.75 Å². The molecule has 2 aromatic carbocycles. The second kappa shape index (κ2) is 5.73. The first-order valence-electron chi connectivity index (χ1n) is 6.79. The van der Waals surface area contributed by atoms with Gasteiger partial charge in [-0.1, -0.05) is 24.3 Å². The van der Waals surface area contributed by atoms with Gasteiger partial charge in [0.15, 0.2) is 0 Å². The average molecular weight is 313 g/mol. The Morgan fingerprint density at radius 2 is 1.73 bits per heavy atom. The number of benzene rings is 2. The van der Waals surface area contributed by atoms with E-state index in [1.807, 2.05) is 31.2 Å². The fraction of sp³-hybridized carbons (Fsp3) is 0.125. The molecule has 1 N–H and O–H groups in total. The molecule has 0 saturated heterocycles. The van der Waals surface area contributed by atoms with Gasteiger partial charge in [0.2, 0.25) is 10.0 Å². The molecule has 1 aromatic heterocycles. The predicted molar refractivity (Wildman–Crippen MR) is 87.0 cm³/mol. The van der Waals surface area contributed by atoms with E-state index in [0.717, 1.165) is 16.6 Å². The topological polar surface area (TPSA) is 72.0 Å². The summed E-state index contributed by atoms with van der Waals surface area (Å²) in [7, 11) is -3.48. The van der Waals surface area contributed by atoms with Gasteiger partial charge in [0.1, 0.15) is 0 Å². The first-order valence-corrected chi connectivity index (χ1v) is 8.44. The van der Waals surface area contributed by atoms with Crippen LogP contribution in [0.3, 0.4) is 0 Å². The van der Waals surface area contributed by atoms with Crippen molar-refractivity contribution in [1.29, 1.82) is 0 Å². The van der Waals surface area contributed by atoms with Crippen molar-refractivity contribution in [3.8, 4) is 0 Å². The normalized spacial score (nSPS) is 11.5. The van der Waals surface area contributed by atoms with E-state index in [9.17, 15) is 8.42 Å². The quantitative estimate of drug-likeness (QED) is 0.804. The number of nitrogens with one attached hydrogen (secondary N) is 1. The van der Waals surface area contributed by atoms with Crippen molar-refractivity contribution >= 4 is 26.7 Å². The Bertz CT molecular complexity index is 923. The molecule has 5 nitrogen and oxygen atoms in total. The van der Waals surface area contributed by atoms with Gasteiger partial charge in [0.25, 0.3) is 0 Å². The van der Waals surface area contributed by atoms with Crippen LogP contribution < -0.4 is 4.72 Å². The van der Waals surface area contributed by atoms with Crippen molar-refractivity contribution in [2.24, 2.45) is 0 Å². The minimum atomic E-state index is -3.48. The molecule has 0 bridgehead atoms. The number of sulfonamides is 1. The van der Waals surface area contributed by atoms with E-state index in [1.54, 1.807) is 30.6 Å². The van der Waals surface area contributed by atoms with Crippen LogP contribution in [0.4, 0.5) is 5.69 Å². The lowest BCUT2D eigenvalue weighted by Crippen LogP contribution is -2.15. The van der Waals surface area contributed by atoms with Crippen LogP contribution in [0.25, 0.3) is 11.0 Å². The highest BCUT2D eigenvalue weighted by Crippen LogP contribution is 2.18. The predicted octanol–water partition coefficient (Wildman–Crippen LogP) is 2.88. The minimum absolute atomic E-state index is 0.0574. The summed E-state index contributed by atoms with van der Waals surface area (Å²) >= 11 is 0. The number of hydrogen-bond donors (Lipinski definition) is 1. The van der Waals surface area contributed by atoms with Crippen LogP contribution in [0, 0.1) is 6.92 Å². The van der Waals surface area contributed by atoms with Gasteiger partial charge in [-0.05, 0) is 36.2 Å². The van der Waals surface area contributed by atoms with Crippen molar-refractivity contribution < 1.29 is 8.42 Å². The van der Waals surface area contributed by atoms with Gasteiger partial charge in [-0.15, -0.1) is 0 Å².